The molecule has 3 heterocycles. The first-order chi connectivity index (χ1) is 28.3. The van der Waals surface area contributed by atoms with E-state index in [9.17, 15) is 47.7 Å². The Morgan fingerprint density at radius 3 is 2.28 bits per heavy atom. The predicted molar refractivity (Wildman–Crippen MR) is 214 cm³/mol. The van der Waals surface area contributed by atoms with Crippen molar-refractivity contribution in [2.75, 3.05) is 17.4 Å². The van der Waals surface area contributed by atoms with E-state index in [4.69, 9.17) is 27.9 Å². The monoisotopic (exact) mass is 992 g/mol. The smallest absolute Gasteiger partial charge is 0.417 e. The molecule has 2 aliphatic heterocycles. The van der Waals surface area contributed by atoms with Gasteiger partial charge in [-0.2, -0.15) is 18.2 Å². The first-order valence-corrected chi connectivity index (χ1v) is 20.2. The number of carboxylic acids is 1. The lowest BCUT2D eigenvalue weighted by Crippen LogP contribution is -2.53. The Kier molecular flexibility index (Phi) is 10.2. The third-order valence-electron chi connectivity index (χ3n) is 11.7. The molecule has 13 nitrogen and oxygen atoms in total. The molecule has 4 aliphatic rings. The second-order valence-corrected chi connectivity index (χ2v) is 17.0. The van der Waals surface area contributed by atoms with E-state index in [-0.39, 0.29) is 49.6 Å². The van der Waals surface area contributed by atoms with Crippen LogP contribution >= 0.6 is 55.1 Å². The number of amides is 4. The van der Waals surface area contributed by atoms with Crippen LogP contribution in [0, 0.1) is 23.7 Å². The summed E-state index contributed by atoms with van der Waals surface area (Å²) in [4.78, 5) is 75.5. The van der Waals surface area contributed by atoms with Crippen LogP contribution < -0.4 is 15.1 Å². The summed E-state index contributed by atoms with van der Waals surface area (Å²) in [6, 6.07) is 11.5. The van der Waals surface area contributed by atoms with Crippen LogP contribution in [0.25, 0.3) is 0 Å². The molecule has 310 valence electrons. The molecule has 8 rings (SSSR count). The topological polar surface area (TPSA) is 187 Å². The molecule has 20 heteroatoms. The number of nitrogens with one attached hydrogen (secondary N) is 1. The van der Waals surface area contributed by atoms with E-state index in [0.29, 0.717) is 28.4 Å². The van der Waals surface area contributed by atoms with Gasteiger partial charge in [0.15, 0.2) is 17.3 Å². The zero-order valence-corrected chi connectivity index (χ0v) is 35.1. The highest BCUT2D eigenvalue weighted by Crippen LogP contribution is 2.66. The van der Waals surface area contributed by atoms with Crippen molar-refractivity contribution in [2.45, 2.75) is 30.4 Å². The summed E-state index contributed by atoms with van der Waals surface area (Å²) < 4.78 is 46.5. The van der Waals surface area contributed by atoms with Crippen molar-refractivity contribution in [3.8, 4) is 17.2 Å². The van der Waals surface area contributed by atoms with Crippen LogP contribution in [-0.4, -0.2) is 62.0 Å². The fourth-order valence-corrected chi connectivity index (χ4v) is 10.5. The van der Waals surface area contributed by atoms with Gasteiger partial charge in [-0.15, -0.1) is 0 Å². The molecular formula is C40H27Br2Cl2F3N4O9. The summed E-state index contributed by atoms with van der Waals surface area (Å²) in [5.74, 6) is -11.5. The fourth-order valence-electron chi connectivity index (χ4n) is 9.20. The molecule has 6 atom stereocenters. The zero-order chi connectivity index (χ0) is 43.3. The Morgan fingerprint density at radius 2 is 1.67 bits per heavy atom. The first kappa shape index (κ1) is 41.6. The number of allylic oxidation sites excluding steroid dienone is 2. The van der Waals surface area contributed by atoms with Crippen LogP contribution in [0.5, 0.6) is 17.2 Å². The number of imide groups is 2. The number of hydrogen-bond acceptors (Lipinski definition) is 10. The number of benzene rings is 3. The number of carbonyl (C=O) groups is 5. The molecule has 3 aromatic carbocycles. The summed E-state index contributed by atoms with van der Waals surface area (Å²) in [7, 11) is 1.31. The largest absolute Gasteiger partial charge is 0.507 e. The number of anilines is 2. The zero-order valence-electron chi connectivity index (χ0n) is 30.4. The van der Waals surface area contributed by atoms with Crippen molar-refractivity contribution < 1.29 is 57.2 Å². The number of carboxylic acid groups (broad SMARTS) is 1. The van der Waals surface area contributed by atoms with E-state index in [0.717, 1.165) is 17.0 Å². The van der Waals surface area contributed by atoms with Crippen molar-refractivity contribution in [1.29, 1.82) is 0 Å². The molecule has 4 N–H and O–H groups in total. The number of phenols is 2. The predicted octanol–water partition coefficient (Wildman–Crippen LogP) is 8.24. The van der Waals surface area contributed by atoms with E-state index in [1.807, 2.05) is 0 Å². The minimum absolute atomic E-state index is 0.0161. The standard InChI is InChI=1S/C40H27Br2Cl2F3N4O9/c1-60-27-13-23(30(41)31(42)32(27)53)29-19-8-9-21-28(36(56)50(34(21)54)18-6-7-20(37(57)58)26(52)11-18)22(19)12-24-35(55)51(38(59)39(24,29)15-2-4-17(43)5-3-15)49-33-25(44)10-16(14-48-33)40(45,46)47/h2-8,10-11,13-14,21-22,24,28-29,52-53H,9,12H2,1H3,(H,48,49)(H,57,58). The van der Waals surface area contributed by atoms with Gasteiger partial charge >= 0.3 is 12.1 Å². The number of aromatic hydroxyl groups is 2. The third-order valence-corrected chi connectivity index (χ3v) is 14.4. The van der Waals surface area contributed by atoms with Crippen LogP contribution in [0.1, 0.15) is 45.8 Å². The van der Waals surface area contributed by atoms with Gasteiger partial charge in [-0.05, 0) is 98.1 Å². The molecule has 6 unspecified atom stereocenters. The van der Waals surface area contributed by atoms with Gasteiger partial charge < -0.3 is 20.1 Å². The Labute approximate surface area is 363 Å². The minimum Gasteiger partial charge on any atom is -0.507 e. The normalized spacial score (nSPS) is 24.9. The van der Waals surface area contributed by atoms with Gasteiger partial charge in [-0.25, -0.2) is 14.7 Å². The number of hydrazine groups is 1. The molecule has 1 aromatic heterocycles. The van der Waals surface area contributed by atoms with Gasteiger partial charge in [0.1, 0.15) is 11.3 Å². The quantitative estimate of drug-likeness (QED) is 0.103. The van der Waals surface area contributed by atoms with Crippen molar-refractivity contribution in [3.63, 3.8) is 0 Å². The van der Waals surface area contributed by atoms with Gasteiger partial charge in [0.2, 0.25) is 11.8 Å². The van der Waals surface area contributed by atoms with E-state index in [1.54, 1.807) is 18.2 Å². The number of methoxy groups -OCH3 is 1. The van der Waals surface area contributed by atoms with Gasteiger partial charge in [0.25, 0.3) is 11.8 Å². The number of aromatic nitrogens is 1. The van der Waals surface area contributed by atoms with E-state index in [1.165, 1.54) is 31.4 Å². The molecule has 2 aliphatic carbocycles. The molecule has 3 fully saturated rings. The maximum atomic E-state index is 15.5. The maximum Gasteiger partial charge on any atom is 0.417 e. The fraction of sp³-hybridized carbons (Fsp3) is 0.250. The lowest BCUT2D eigenvalue weighted by molar-refractivity contribution is -0.139. The van der Waals surface area contributed by atoms with Gasteiger partial charge in [0.05, 0.1) is 51.0 Å². The molecule has 4 aromatic rings. The summed E-state index contributed by atoms with van der Waals surface area (Å²) in [5.41, 5.74) is 0.0219. The number of fused-ring (bicyclic) bond motifs is 4. The number of carbonyl (C=O) groups excluding carboxylic acids is 4. The Hall–Kier alpha value is -5.17. The minimum atomic E-state index is -4.80. The van der Waals surface area contributed by atoms with Gasteiger partial charge in [-0.3, -0.25) is 24.6 Å². The molecule has 60 heavy (non-hydrogen) atoms. The lowest BCUT2D eigenvalue weighted by Gasteiger charge is -2.51. The van der Waals surface area contributed by atoms with E-state index in [2.05, 4.69) is 42.3 Å². The molecule has 2 saturated heterocycles. The van der Waals surface area contributed by atoms with Crippen LogP contribution in [0.2, 0.25) is 10.0 Å². The number of aromatic carboxylic acids is 1. The van der Waals surface area contributed by atoms with Crippen molar-refractivity contribution >= 4 is 96.2 Å². The number of nitrogens with zero attached hydrogens (tertiary/aromatic N) is 3. The second-order valence-electron chi connectivity index (χ2n) is 14.6. The van der Waals surface area contributed by atoms with Crippen LogP contribution in [0.4, 0.5) is 24.7 Å². The molecule has 0 radical (unpaired) electrons. The van der Waals surface area contributed by atoms with Crippen molar-refractivity contribution in [3.05, 3.63) is 114 Å². The Morgan fingerprint density at radius 1 is 0.967 bits per heavy atom. The summed E-state index contributed by atoms with van der Waals surface area (Å²) in [6.45, 7) is 0. The number of ether oxygens (including phenoxy) is 1. The summed E-state index contributed by atoms with van der Waals surface area (Å²) >= 11 is 19.6. The van der Waals surface area contributed by atoms with Gasteiger partial charge in [-0.1, -0.05) is 47.0 Å². The van der Waals surface area contributed by atoms with E-state index >= 15 is 4.79 Å². The molecule has 1 saturated carbocycles. The highest BCUT2D eigenvalue weighted by atomic mass is 79.9. The third kappa shape index (κ3) is 6.16. The number of rotatable bonds is 7. The molecule has 0 spiro atoms. The number of pyridine rings is 1. The average Bonchev–Trinajstić information content (AvgIpc) is 3.58. The molecular weight excluding hydrogens is 968 g/mol. The van der Waals surface area contributed by atoms with E-state index < -0.39 is 98.5 Å². The SMILES string of the molecule is COc1cc(C2C3=CCC4C(=O)N(c5ccc(C(=O)O)c(O)c5)C(=O)C4C3CC3C(=O)N(Nc4ncc(C(F)(F)F)cc4Cl)C(=O)C32c2ccc(Cl)cc2)c(Br)c(Br)c1O. The summed E-state index contributed by atoms with van der Waals surface area (Å²) in [5, 5.41) is 31.3. The van der Waals surface area contributed by atoms with Crippen molar-refractivity contribution in [2.24, 2.45) is 23.7 Å². The lowest BCUT2D eigenvalue weighted by atomic mass is 9.49. The Balaban J connectivity index is 1.34. The summed E-state index contributed by atoms with van der Waals surface area (Å²) in [6.07, 6.45) is -2.79. The number of phenolic OH excluding ortho intramolecular Hbond substituents is 1. The number of halogens is 7. The second kappa shape index (κ2) is 14.8. The molecule has 4 amide bonds. The number of alkyl halides is 3. The van der Waals surface area contributed by atoms with Gasteiger partial charge in [0, 0.05) is 27.7 Å². The van der Waals surface area contributed by atoms with Crippen LogP contribution in [0.15, 0.2) is 81.4 Å². The Bertz CT molecular complexity index is 2610. The highest BCUT2D eigenvalue weighted by molar-refractivity contribution is 9.13. The highest BCUT2D eigenvalue weighted by Gasteiger charge is 2.71. The van der Waals surface area contributed by atoms with Crippen LogP contribution in [-0.2, 0) is 30.8 Å². The van der Waals surface area contributed by atoms with Crippen LogP contribution in [0.3, 0.4) is 0 Å². The number of hydrogen-bond donors (Lipinski definition) is 4. The first-order valence-electron chi connectivity index (χ1n) is 17.9. The van der Waals surface area contributed by atoms with Crippen molar-refractivity contribution in [1.82, 2.24) is 9.99 Å². The average molecular weight is 995 g/mol. The maximum absolute atomic E-state index is 15.5. The molecule has 0 bridgehead atoms.